The minimum absolute atomic E-state index is 0.103. The van der Waals surface area contributed by atoms with E-state index in [9.17, 15) is 0 Å². The maximum absolute atomic E-state index is 5.73. The van der Waals surface area contributed by atoms with Crippen LogP contribution in [0.1, 0.15) is 26.5 Å². The van der Waals surface area contributed by atoms with Crippen molar-refractivity contribution in [2.24, 2.45) is 10.4 Å². The minimum Gasteiger partial charge on any atom is -0.497 e. The third-order valence-electron chi connectivity index (χ3n) is 3.77. The van der Waals surface area contributed by atoms with Crippen LogP contribution in [-0.2, 0) is 4.74 Å². The van der Waals surface area contributed by atoms with Gasteiger partial charge in [0.25, 0.3) is 0 Å². The van der Waals surface area contributed by atoms with E-state index in [-0.39, 0.29) is 11.5 Å². The highest BCUT2D eigenvalue weighted by atomic mass is 16.5. The van der Waals surface area contributed by atoms with E-state index in [1.165, 1.54) is 0 Å². The standard InChI is InChI=1S/C17H20N2O2/c1-17(2,3)15-10-21-16(19-15)14-7-5-11-9-12(20-4)6-8-13(11)18-14/h5-9,15H,10H2,1-4H3/t15-/m1/s1. The quantitative estimate of drug-likeness (QED) is 0.848. The molecule has 4 heteroatoms. The summed E-state index contributed by atoms with van der Waals surface area (Å²) in [7, 11) is 1.66. The number of hydrogen-bond acceptors (Lipinski definition) is 4. The Balaban J connectivity index is 1.95. The van der Waals surface area contributed by atoms with E-state index in [0.717, 1.165) is 22.3 Å². The fraction of sp³-hybridized carbons (Fsp3) is 0.412. The summed E-state index contributed by atoms with van der Waals surface area (Å²) < 4.78 is 11.0. The Morgan fingerprint density at radius 1 is 1.19 bits per heavy atom. The number of hydrogen-bond donors (Lipinski definition) is 0. The minimum atomic E-state index is 0.103. The van der Waals surface area contributed by atoms with Gasteiger partial charge in [-0.2, -0.15) is 0 Å². The Kier molecular flexibility index (Phi) is 3.32. The van der Waals surface area contributed by atoms with Gasteiger partial charge in [-0.15, -0.1) is 0 Å². The fourth-order valence-corrected chi connectivity index (χ4v) is 2.31. The molecule has 4 nitrogen and oxygen atoms in total. The molecule has 0 fully saturated rings. The number of pyridine rings is 1. The van der Waals surface area contributed by atoms with Crippen molar-refractivity contribution in [2.75, 3.05) is 13.7 Å². The molecule has 0 saturated heterocycles. The van der Waals surface area contributed by atoms with Crippen LogP contribution in [-0.4, -0.2) is 30.6 Å². The molecule has 3 rings (SSSR count). The smallest absolute Gasteiger partial charge is 0.235 e. The van der Waals surface area contributed by atoms with Crippen molar-refractivity contribution in [2.45, 2.75) is 26.8 Å². The van der Waals surface area contributed by atoms with E-state index in [0.29, 0.717) is 12.5 Å². The summed E-state index contributed by atoms with van der Waals surface area (Å²) in [5, 5.41) is 1.05. The van der Waals surface area contributed by atoms with Gasteiger partial charge < -0.3 is 9.47 Å². The van der Waals surface area contributed by atoms with Gasteiger partial charge in [-0.05, 0) is 29.7 Å². The first kappa shape index (κ1) is 13.9. The topological polar surface area (TPSA) is 43.7 Å². The zero-order chi connectivity index (χ0) is 15.0. The van der Waals surface area contributed by atoms with Gasteiger partial charge in [-0.25, -0.2) is 9.98 Å². The molecule has 0 saturated carbocycles. The molecule has 21 heavy (non-hydrogen) atoms. The molecule has 1 aromatic carbocycles. The summed E-state index contributed by atoms with van der Waals surface area (Å²) in [5.74, 6) is 1.48. The van der Waals surface area contributed by atoms with Crippen molar-refractivity contribution < 1.29 is 9.47 Å². The van der Waals surface area contributed by atoms with Gasteiger partial charge in [0.15, 0.2) is 0 Å². The van der Waals surface area contributed by atoms with Crippen LogP contribution in [0.2, 0.25) is 0 Å². The summed E-state index contributed by atoms with van der Waals surface area (Å²) in [5.41, 5.74) is 1.81. The van der Waals surface area contributed by atoms with Gasteiger partial charge in [0.1, 0.15) is 18.1 Å². The summed E-state index contributed by atoms with van der Waals surface area (Å²) in [6, 6.07) is 9.99. The number of ether oxygens (including phenoxy) is 2. The predicted molar refractivity (Wildman–Crippen MR) is 84.0 cm³/mol. The number of methoxy groups -OCH3 is 1. The van der Waals surface area contributed by atoms with Crippen LogP contribution in [0.25, 0.3) is 10.9 Å². The first-order valence-electron chi connectivity index (χ1n) is 7.13. The summed E-state index contributed by atoms with van der Waals surface area (Å²) in [4.78, 5) is 9.32. The molecule has 0 spiro atoms. The summed E-state index contributed by atoms with van der Waals surface area (Å²) >= 11 is 0. The molecular weight excluding hydrogens is 264 g/mol. The SMILES string of the molecule is COc1ccc2nc(C3=N[C@@H](C(C)(C)C)CO3)ccc2c1. The maximum atomic E-state index is 5.73. The van der Waals surface area contributed by atoms with Gasteiger partial charge in [0, 0.05) is 5.39 Å². The molecule has 1 aliphatic rings. The van der Waals surface area contributed by atoms with Gasteiger partial charge in [0.05, 0.1) is 18.7 Å². The van der Waals surface area contributed by atoms with Crippen LogP contribution in [0.4, 0.5) is 0 Å². The second-order valence-electron chi connectivity index (χ2n) is 6.38. The lowest BCUT2D eigenvalue weighted by atomic mass is 9.88. The molecule has 0 aliphatic carbocycles. The van der Waals surface area contributed by atoms with E-state index in [4.69, 9.17) is 9.47 Å². The lowest BCUT2D eigenvalue weighted by Crippen LogP contribution is -2.25. The van der Waals surface area contributed by atoms with Crippen LogP contribution < -0.4 is 4.74 Å². The number of aliphatic imine (C=N–C) groups is 1. The van der Waals surface area contributed by atoms with Crippen LogP contribution in [0.15, 0.2) is 35.3 Å². The van der Waals surface area contributed by atoms with Crippen LogP contribution in [0, 0.1) is 5.41 Å². The predicted octanol–water partition coefficient (Wildman–Crippen LogP) is 3.43. The maximum Gasteiger partial charge on any atom is 0.235 e. The zero-order valence-electron chi connectivity index (χ0n) is 12.9. The summed E-state index contributed by atoms with van der Waals surface area (Å²) in [6.45, 7) is 7.15. The van der Waals surface area contributed by atoms with Crippen molar-refractivity contribution in [1.29, 1.82) is 0 Å². The van der Waals surface area contributed by atoms with Crippen LogP contribution in [0.3, 0.4) is 0 Å². The molecule has 0 radical (unpaired) electrons. The molecule has 2 heterocycles. The van der Waals surface area contributed by atoms with E-state index < -0.39 is 0 Å². The third kappa shape index (κ3) is 2.71. The Bertz CT molecular complexity index is 701. The van der Waals surface area contributed by atoms with Gasteiger partial charge in [-0.1, -0.05) is 26.8 Å². The number of benzene rings is 1. The largest absolute Gasteiger partial charge is 0.497 e. The zero-order valence-corrected chi connectivity index (χ0v) is 12.9. The third-order valence-corrected chi connectivity index (χ3v) is 3.77. The molecule has 1 aromatic heterocycles. The molecule has 0 unspecified atom stereocenters. The Labute approximate surface area is 124 Å². The average molecular weight is 284 g/mol. The number of nitrogens with zero attached hydrogens (tertiary/aromatic N) is 2. The normalized spacial score (nSPS) is 18.5. The van der Waals surface area contributed by atoms with E-state index >= 15 is 0 Å². The molecule has 0 amide bonds. The first-order chi connectivity index (χ1) is 9.97. The Hall–Kier alpha value is -2.10. The van der Waals surface area contributed by atoms with Crippen LogP contribution in [0.5, 0.6) is 5.75 Å². The molecule has 2 aromatic rings. The highest BCUT2D eigenvalue weighted by Crippen LogP contribution is 2.27. The van der Waals surface area contributed by atoms with Crippen molar-refractivity contribution in [3.8, 4) is 5.75 Å². The van der Waals surface area contributed by atoms with Gasteiger partial charge in [0.2, 0.25) is 5.90 Å². The second kappa shape index (κ2) is 5.02. The molecule has 1 aliphatic heterocycles. The molecule has 0 N–H and O–H groups in total. The molecule has 110 valence electrons. The summed E-state index contributed by atoms with van der Waals surface area (Å²) in [6.07, 6.45) is 0. The molecule has 0 bridgehead atoms. The highest BCUT2D eigenvalue weighted by Gasteiger charge is 2.31. The van der Waals surface area contributed by atoms with E-state index in [1.54, 1.807) is 7.11 Å². The Morgan fingerprint density at radius 2 is 2.00 bits per heavy atom. The second-order valence-corrected chi connectivity index (χ2v) is 6.38. The average Bonchev–Trinajstić information content (AvgIpc) is 2.96. The fourth-order valence-electron chi connectivity index (χ4n) is 2.31. The highest BCUT2D eigenvalue weighted by molar-refractivity contribution is 5.95. The van der Waals surface area contributed by atoms with Crippen molar-refractivity contribution in [1.82, 2.24) is 4.98 Å². The van der Waals surface area contributed by atoms with Gasteiger partial charge in [-0.3, -0.25) is 0 Å². The van der Waals surface area contributed by atoms with Crippen molar-refractivity contribution in [3.63, 3.8) is 0 Å². The van der Waals surface area contributed by atoms with Crippen molar-refractivity contribution >= 4 is 16.8 Å². The number of fused-ring (bicyclic) bond motifs is 1. The first-order valence-corrected chi connectivity index (χ1v) is 7.13. The van der Waals surface area contributed by atoms with Gasteiger partial charge >= 0.3 is 0 Å². The molecule has 1 atom stereocenters. The Morgan fingerprint density at radius 3 is 2.67 bits per heavy atom. The number of aromatic nitrogens is 1. The lowest BCUT2D eigenvalue weighted by molar-refractivity contribution is 0.235. The monoisotopic (exact) mass is 284 g/mol. The van der Waals surface area contributed by atoms with E-state index in [2.05, 4.69) is 30.7 Å². The lowest BCUT2D eigenvalue weighted by Gasteiger charge is -2.21. The van der Waals surface area contributed by atoms with Crippen molar-refractivity contribution in [3.05, 3.63) is 36.0 Å². The van der Waals surface area contributed by atoms with E-state index in [1.807, 2.05) is 30.3 Å². The van der Waals surface area contributed by atoms with Crippen LogP contribution >= 0.6 is 0 Å². The number of rotatable bonds is 2. The molecular formula is C17H20N2O2.